The van der Waals surface area contributed by atoms with E-state index in [2.05, 4.69) is 25.1 Å². The van der Waals surface area contributed by atoms with Gasteiger partial charge in [0.15, 0.2) is 0 Å². The highest BCUT2D eigenvalue weighted by Crippen LogP contribution is 2.23. The number of nitrogens with zero attached hydrogens (tertiary/aromatic N) is 3. The van der Waals surface area contributed by atoms with E-state index in [4.69, 9.17) is 0 Å². The predicted molar refractivity (Wildman–Crippen MR) is 94.6 cm³/mol. The summed E-state index contributed by atoms with van der Waals surface area (Å²) in [7, 11) is 2.03. The largest absolute Gasteiger partial charge is 0.356 e. The van der Waals surface area contributed by atoms with E-state index in [-0.39, 0.29) is 11.9 Å². The number of piperazine rings is 1. The van der Waals surface area contributed by atoms with Crippen molar-refractivity contribution in [1.82, 2.24) is 25.1 Å². The SMILES string of the molecule is Cn1ccnc1C1CNCCN1CCC(=O)NCC1CCCCC1. The molecular weight excluding hydrogens is 302 g/mol. The normalized spacial score (nSPS) is 23.3. The second kappa shape index (κ2) is 8.62. The molecule has 1 atom stereocenters. The zero-order chi connectivity index (χ0) is 16.8. The smallest absolute Gasteiger partial charge is 0.221 e. The van der Waals surface area contributed by atoms with E-state index in [0.717, 1.165) is 38.5 Å². The highest BCUT2D eigenvalue weighted by Gasteiger charge is 2.26. The van der Waals surface area contributed by atoms with E-state index >= 15 is 0 Å². The average molecular weight is 333 g/mol. The predicted octanol–water partition coefficient (Wildman–Crippen LogP) is 1.45. The van der Waals surface area contributed by atoms with Crippen molar-refractivity contribution in [3.05, 3.63) is 18.2 Å². The summed E-state index contributed by atoms with van der Waals surface area (Å²) >= 11 is 0. The van der Waals surface area contributed by atoms with Gasteiger partial charge in [-0.25, -0.2) is 4.98 Å². The number of nitrogens with one attached hydrogen (secondary N) is 2. The Kier molecular flexibility index (Phi) is 6.26. The highest BCUT2D eigenvalue weighted by atomic mass is 16.1. The number of hydrogen-bond donors (Lipinski definition) is 2. The third kappa shape index (κ3) is 4.57. The van der Waals surface area contributed by atoms with Crippen LogP contribution in [-0.2, 0) is 11.8 Å². The minimum absolute atomic E-state index is 0.192. The minimum Gasteiger partial charge on any atom is -0.356 e. The summed E-state index contributed by atoms with van der Waals surface area (Å²) in [5, 5.41) is 6.59. The second-order valence-corrected chi connectivity index (χ2v) is 7.21. The molecule has 2 aliphatic rings. The van der Waals surface area contributed by atoms with Gasteiger partial charge in [-0.3, -0.25) is 9.69 Å². The van der Waals surface area contributed by atoms with Crippen molar-refractivity contribution in [2.24, 2.45) is 13.0 Å². The molecule has 1 aliphatic carbocycles. The Balaban J connectivity index is 1.45. The van der Waals surface area contributed by atoms with Gasteiger partial charge in [-0.05, 0) is 18.8 Å². The molecule has 2 N–H and O–H groups in total. The van der Waals surface area contributed by atoms with Crippen LogP contribution in [-0.4, -0.2) is 53.1 Å². The van der Waals surface area contributed by atoms with Gasteiger partial charge in [0.25, 0.3) is 0 Å². The quantitative estimate of drug-likeness (QED) is 0.827. The van der Waals surface area contributed by atoms with Crippen LogP contribution >= 0.6 is 0 Å². The average Bonchev–Trinajstić information content (AvgIpc) is 3.05. The number of aryl methyl sites for hydroxylation is 1. The van der Waals surface area contributed by atoms with E-state index in [1.165, 1.54) is 32.1 Å². The van der Waals surface area contributed by atoms with E-state index in [1.54, 1.807) is 0 Å². The molecule has 1 aromatic heterocycles. The van der Waals surface area contributed by atoms with Crippen LogP contribution in [0.2, 0.25) is 0 Å². The number of aromatic nitrogens is 2. The lowest BCUT2D eigenvalue weighted by Gasteiger charge is -2.35. The van der Waals surface area contributed by atoms with Gasteiger partial charge >= 0.3 is 0 Å². The zero-order valence-electron chi connectivity index (χ0n) is 14.8. The van der Waals surface area contributed by atoms with Crippen LogP contribution in [0.1, 0.15) is 50.4 Å². The first-order valence-electron chi connectivity index (χ1n) is 9.42. The molecule has 2 fully saturated rings. The van der Waals surface area contributed by atoms with Gasteiger partial charge in [-0.2, -0.15) is 0 Å². The number of rotatable bonds is 6. The highest BCUT2D eigenvalue weighted by molar-refractivity contribution is 5.76. The lowest BCUT2D eigenvalue weighted by molar-refractivity contribution is -0.121. The van der Waals surface area contributed by atoms with E-state index in [9.17, 15) is 4.79 Å². The van der Waals surface area contributed by atoms with Crippen LogP contribution in [0, 0.1) is 5.92 Å². The maximum Gasteiger partial charge on any atom is 0.221 e. The lowest BCUT2D eigenvalue weighted by Crippen LogP contribution is -2.47. The Hall–Kier alpha value is -1.40. The monoisotopic (exact) mass is 333 g/mol. The van der Waals surface area contributed by atoms with Crippen LogP contribution < -0.4 is 10.6 Å². The van der Waals surface area contributed by atoms with Crippen molar-refractivity contribution in [3.8, 4) is 0 Å². The van der Waals surface area contributed by atoms with Crippen LogP contribution in [0.15, 0.2) is 12.4 Å². The molecule has 1 aromatic rings. The summed E-state index contributed by atoms with van der Waals surface area (Å²) in [6.07, 6.45) is 11.0. The first kappa shape index (κ1) is 17.4. The maximum atomic E-state index is 12.2. The molecule has 1 aliphatic heterocycles. The van der Waals surface area contributed by atoms with Crippen molar-refractivity contribution in [1.29, 1.82) is 0 Å². The van der Waals surface area contributed by atoms with Crippen molar-refractivity contribution < 1.29 is 4.79 Å². The van der Waals surface area contributed by atoms with Gasteiger partial charge in [-0.1, -0.05) is 19.3 Å². The summed E-state index contributed by atoms with van der Waals surface area (Å²) < 4.78 is 2.08. The Labute approximate surface area is 145 Å². The molecule has 0 radical (unpaired) electrons. The molecule has 3 rings (SSSR count). The summed E-state index contributed by atoms with van der Waals surface area (Å²) in [4.78, 5) is 19.1. The lowest BCUT2D eigenvalue weighted by atomic mass is 9.89. The Bertz CT molecular complexity index is 523. The summed E-state index contributed by atoms with van der Waals surface area (Å²) in [6, 6.07) is 0.255. The van der Waals surface area contributed by atoms with Crippen molar-refractivity contribution in [2.45, 2.75) is 44.6 Å². The van der Waals surface area contributed by atoms with Gasteiger partial charge in [0, 0.05) is 58.6 Å². The molecule has 0 aromatic carbocycles. The Morgan fingerprint density at radius 2 is 2.21 bits per heavy atom. The molecule has 2 heterocycles. The van der Waals surface area contributed by atoms with Gasteiger partial charge in [0.1, 0.15) is 5.82 Å². The Morgan fingerprint density at radius 1 is 1.38 bits per heavy atom. The number of carbonyl (C=O) groups excluding carboxylic acids is 1. The van der Waals surface area contributed by atoms with Crippen LogP contribution in [0.3, 0.4) is 0 Å². The third-order valence-electron chi connectivity index (χ3n) is 5.45. The Morgan fingerprint density at radius 3 is 2.96 bits per heavy atom. The standard InChI is InChI=1S/C18H31N5O/c1-22-11-9-20-18(22)16-14-19-8-12-23(16)10-7-17(24)21-13-15-5-3-2-4-6-15/h9,11,15-16,19H,2-8,10,12-14H2,1H3,(H,21,24). The maximum absolute atomic E-state index is 12.2. The number of amides is 1. The summed E-state index contributed by atoms with van der Waals surface area (Å²) in [5.74, 6) is 1.96. The molecular formula is C18H31N5O. The summed E-state index contributed by atoms with van der Waals surface area (Å²) in [6.45, 7) is 4.51. The minimum atomic E-state index is 0.192. The number of carbonyl (C=O) groups is 1. The fourth-order valence-electron chi connectivity index (χ4n) is 3.95. The number of hydrogen-bond acceptors (Lipinski definition) is 4. The molecule has 1 saturated heterocycles. The zero-order valence-corrected chi connectivity index (χ0v) is 14.8. The van der Waals surface area contributed by atoms with Gasteiger partial charge < -0.3 is 15.2 Å². The van der Waals surface area contributed by atoms with Gasteiger partial charge in [0.2, 0.25) is 5.91 Å². The molecule has 1 unspecified atom stereocenters. The fourth-order valence-corrected chi connectivity index (χ4v) is 3.95. The molecule has 24 heavy (non-hydrogen) atoms. The van der Waals surface area contributed by atoms with Crippen LogP contribution in [0.4, 0.5) is 0 Å². The third-order valence-corrected chi connectivity index (χ3v) is 5.45. The molecule has 6 heteroatoms. The molecule has 0 spiro atoms. The molecule has 6 nitrogen and oxygen atoms in total. The second-order valence-electron chi connectivity index (χ2n) is 7.21. The molecule has 0 bridgehead atoms. The van der Waals surface area contributed by atoms with E-state index < -0.39 is 0 Å². The first-order chi connectivity index (χ1) is 11.7. The first-order valence-corrected chi connectivity index (χ1v) is 9.42. The van der Waals surface area contributed by atoms with Gasteiger partial charge in [-0.15, -0.1) is 0 Å². The van der Waals surface area contributed by atoms with Crippen molar-refractivity contribution in [2.75, 3.05) is 32.7 Å². The molecule has 1 amide bonds. The topological polar surface area (TPSA) is 62.2 Å². The van der Waals surface area contributed by atoms with E-state index in [0.29, 0.717) is 12.3 Å². The van der Waals surface area contributed by atoms with Crippen molar-refractivity contribution >= 4 is 5.91 Å². The molecule has 1 saturated carbocycles. The number of imidazole rings is 1. The summed E-state index contributed by atoms with van der Waals surface area (Å²) in [5.41, 5.74) is 0. The fraction of sp³-hybridized carbons (Fsp3) is 0.778. The van der Waals surface area contributed by atoms with Crippen molar-refractivity contribution in [3.63, 3.8) is 0 Å². The molecule has 134 valence electrons. The van der Waals surface area contributed by atoms with Crippen LogP contribution in [0.5, 0.6) is 0 Å². The van der Waals surface area contributed by atoms with Gasteiger partial charge in [0.05, 0.1) is 6.04 Å². The van der Waals surface area contributed by atoms with E-state index in [1.807, 2.05) is 19.4 Å². The van der Waals surface area contributed by atoms with Crippen LogP contribution in [0.25, 0.3) is 0 Å².